The Hall–Kier alpha value is -1.04. The fraction of sp³-hybridized carbons (Fsp3) is 0.750. The van der Waals surface area contributed by atoms with Gasteiger partial charge in [-0.3, -0.25) is 0 Å². The van der Waals surface area contributed by atoms with E-state index in [0.717, 1.165) is 5.82 Å². The van der Waals surface area contributed by atoms with E-state index < -0.39 is 17.6 Å². The van der Waals surface area contributed by atoms with E-state index in [1.54, 1.807) is 6.20 Å². The van der Waals surface area contributed by atoms with Crippen LogP contribution in [0.4, 0.5) is 13.2 Å². The zero-order chi connectivity index (χ0) is 13.4. The molecule has 6 heteroatoms. The topological polar surface area (TPSA) is 43.8 Å². The second-order valence-electron chi connectivity index (χ2n) is 5.31. The maximum absolute atomic E-state index is 12.6. The lowest BCUT2D eigenvalue weighted by Crippen LogP contribution is -2.47. The van der Waals surface area contributed by atoms with Gasteiger partial charge < -0.3 is 10.3 Å². The van der Waals surface area contributed by atoms with Gasteiger partial charge in [0.05, 0.1) is 5.92 Å². The predicted octanol–water partition coefficient (Wildman–Crippen LogP) is 2.41. The molecule has 0 aliphatic heterocycles. The van der Waals surface area contributed by atoms with Gasteiger partial charge in [-0.2, -0.15) is 13.2 Å². The highest BCUT2D eigenvalue weighted by atomic mass is 19.4. The van der Waals surface area contributed by atoms with Gasteiger partial charge in [0.1, 0.15) is 5.82 Å². The quantitative estimate of drug-likeness (QED) is 0.888. The number of aryl methyl sites for hydroxylation is 1. The Morgan fingerprint density at radius 2 is 2.06 bits per heavy atom. The molecule has 1 fully saturated rings. The van der Waals surface area contributed by atoms with E-state index in [1.165, 1.54) is 0 Å². The lowest BCUT2D eigenvalue weighted by atomic mass is 9.75. The van der Waals surface area contributed by atoms with Crippen LogP contribution < -0.4 is 5.73 Å². The van der Waals surface area contributed by atoms with Gasteiger partial charge >= 0.3 is 6.18 Å². The molecule has 18 heavy (non-hydrogen) atoms. The second kappa shape index (κ2) is 4.57. The summed E-state index contributed by atoms with van der Waals surface area (Å²) in [5, 5.41) is 0. The highest BCUT2D eigenvalue weighted by molar-refractivity contribution is 5.02. The molecule has 3 nitrogen and oxygen atoms in total. The van der Waals surface area contributed by atoms with Gasteiger partial charge in [0, 0.05) is 31.4 Å². The molecular formula is C12H18F3N3. The first-order valence-corrected chi connectivity index (χ1v) is 6.12. The van der Waals surface area contributed by atoms with Crippen LogP contribution in [0.1, 0.15) is 31.5 Å². The van der Waals surface area contributed by atoms with Crippen LogP contribution in [0, 0.1) is 5.92 Å². The maximum Gasteiger partial charge on any atom is 0.391 e. The molecule has 0 radical (unpaired) electrons. The standard InChI is InChI=1S/C12H18F3N3/c1-18-7-6-17-10(18)8-11(16)4-2-9(3-5-11)12(13,14)15/h6-7,9H,2-5,8,16H2,1H3. The minimum atomic E-state index is -4.08. The van der Waals surface area contributed by atoms with E-state index in [4.69, 9.17) is 5.73 Å². The summed E-state index contributed by atoms with van der Waals surface area (Å²) in [5.74, 6) is -0.349. The normalized spacial score (nSPS) is 29.5. The molecular weight excluding hydrogens is 243 g/mol. The molecule has 0 atom stereocenters. The van der Waals surface area contributed by atoms with Gasteiger partial charge in [-0.1, -0.05) is 0 Å². The fourth-order valence-corrected chi connectivity index (χ4v) is 2.58. The van der Waals surface area contributed by atoms with Crippen molar-refractivity contribution in [1.82, 2.24) is 9.55 Å². The van der Waals surface area contributed by atoms with Crippen LogP contribution >= 0.6 is 0 Å². The molecule has 1 aliphatic rings. The summed E-state index contributed by atoms with van der Waals surface area (Å²) >= 11 is 0. The van der Waals surface area contributed by atoms with Gasteiger partial charge in [0.15, 0.2) is 0 Å². The summed E-state index contributed by atoms with van der Waals surface area (Å²) in [6.07, 6.45) is 1.04. The number of hydrogen-bond donors (Lipinski definition) is 1. The van der Waals surface area contributed by atoms with Crippen molar-refractivity contribution in [2.75, 3.05) is 0 Å². The molecule has 0 spiro atoms. The number of halogens is 3. The molecule has 1 aromatic rings. The largest absolute Gasteiger partial charge is 0.391 e. The molecule has 0 unspecified atom stereocenters. The second-order valence-corrected chi connectivity index (χ2v) is 5.31. The Morgan fingerprint density at radius 1 is 1.44 bits per heavy atom. The van der Waals surface area contributed by atoms with Crippen molar-refractivity contribution in [3.05, 3.63) is 18.2 Å². The Balaban J connectivity index is 1.97. The van der Waals surface area contributed by atoms with Crippen LogP contribution in [0.3, 0.4) is 0 Å². The van der Waals surface area contributed by atoms with Gasteiger partial charge in [0.25, 0.3) is 0 Å². The Kier molecular flexibility index (Phi) is 3.40. The molecule has 0 aromatic carbocycles. The van der Waals surface area contributed by atoms with Crippen molar-refractivity contribution < 1.29 is 13.2 Å². The fourth-order valence-electron chi connectivity index (χ4n) is 2.58. The predicted molar refractivity (Wildman–Crippen MR) is 61.8 cm³/mol. The number of nitrogens with zero attached hydrogens (tertiary/aromatic N) is 2. The average Bonchev–Trinajstić information content (AvgIpc) is 2.63. The zero-order valence-electron chi connectivity index (χ0n) is 10.4. The van der Waals surface area contributed by atoms with Crippen molar-refractivity contribution >= 4 is 0 Å². The van der Waals surface area contributed by atoms with E-state index in [0.29, 0.717) is 19.3 Å². The van der Waals surface area contributed by atoms with Crippen LogP contribution in [-0.2, 0) is 13.5 Å². The first-order chi connectivity index (χ1) is 8.30. The van der Waals surface area contributed by atoms with Crippen LogP contribution in [0.15, 0.2) is 12.4 Å². The summed E-state index contributed by atoms with van der Waals surface area (Å²) < 4.78 is 39.6. The molecule has 0 bridgehead atoms. The minimum Gasteiger partial charge on any atom is -0.338 e. The van der Waals surface area contributed by atoms with E-state index in [2.05, 4.69) is 4.98 Å². The van der Waals surface area contributed by atoms with E-state index in [-0.39, 0.29) is 12.8 Å². The smallest absolute Gasteiger partial charge is 0.338 e. The molecule has 2 N–H and O–H groups in total. The highest BCUT2D eigenvalue weighted by Gasteiger charge is 2.44. The van der Waals surface area contributed by atoms with Crippen molar-refractivity contribution in [3.8, 4) is 0 Å². The number of hydrogen-bond acceptors (Lipinski definition) is 2. The lowest BCUT2D eigenvalue weighted by Gasteiger charge is -2.37. The van der Waals surface area contributed by atoms with Crippen LogP contribution in [0.5, 0.6) is 0 Å². The maximum atomic E-state index is 12.6. The first-order valence-electron chi connectivity index (χ1n) is 6.12. The van der Waals surface area contributed by atoms with Crippen molar-refractivity contribution in [2.45, 2.75) is 43.8 Å². The Bertz CT molecular complexity index is 403. The van der Waals surface area contributed by atoms with Gasteiger partial charge in [-0.05, 0) is 25.7 Å². The molecule has 1 heterocycles. The zero-order valence-corrected chi connectivity index (χ0v) is 10.4. The summed E-state index contributed by atoms with van der Waals surface area (Å²) in [6, 6.07) is 0. The third-order valence-corrected chi connectivity index (χ3v) is 3.88. The van der Waals surface area contributed by atoms with Crippen molar-refractivity contribution in [2.24, 2.45) is 18.7 Å². The number of alkyl halides is 3. The monoisotopic (exact) mass is 261 g/mol. The molecule has 1 aromatic heterocycles. The number of rotatable bonds is 2. The molecule has 1 saturated carbocycles. The Labute approximate surface area is 104 Å². The lowest BCUT2D eigenvalue weighted by molar-refractivity contribution is -0.184. The number of imidazole rings is 1. The number of nitrogens with two attached hydrogens (primary N) is 1. The summed E-state index contributed by atoms with van der Waals surface area (Å²) in [5.41, 5.74) is 5.66. The summed E-state index contributed by atoms with van der Waals surface area (Å²) in [7, 11) is 1.87. The third-order valence-electron chi connectivity index (χ3n) is 3.88. The molecule has 102 valence electrons. The van der Waals surface area contributed by atoms with E-state index in [1.807, 2.05) is 17.8 Å². The molecule has 2 rings (SSSR count). The van der Waals surface area contributed by atoms with Gasteiger partial charge in [-0.15, -0.1) is 0 Å². The summed E-state index contributed by atoms with van der Waals surface area (Å²) in [4.78, 5) is 4.18. The summed E-state index contributed by atoms with van der Waals surface area (Å²) in [6.45, 7) is 0. The molecule has 1 aliphatic carbocycles. The number of aromatic nitrogens is 2. The SMILES string of the molecule is Cn1ccnc1CC1(N)CCC(C(F)(F)F)CC1. The van der Waals surface area contributed by atoms with Crippen LogP contribution in [0.2, 0.25) is 0 Å². The average molecular weight is 261 g/mol. The molecule has 0 amide bonds. The van der Waals surface area contributed by atoms with Crippen LogP contribution in [0.25, 0.3) is 0 Å². The third kappa shape index (κ3) is 2.85. The first kappa shape index (κ1) is 13.4. The highest BCUT2D eigenvalue weighted by Crippen LogP contribution is 2.41. The van der Waals surface area contributed by atoms with Crippen LogP contribution in [-0.4, -0.2) is 21.3 Å². The van der Waals surface area contributed by atoms with Crippen molar-refractivity contribution in [3.63, 3.8) is 0 Å². The molecule has 0 saturated heterocycles. The van der Waals surface area contributed by atoms with E-state index in [9.17, 15) is 13.2 Å². The van der Waals surface area contributed by atoms with Gasteiger partial charge in [0.2, 0.25) is 0 Å². The minimum absolute atomic E-state index is 0.129. The van der Waals surface area contributed by atoms with Gasteiger partial charge in [-0.25, -0.2) is 4.98 Å². The van der Waals surface area contributed by atoms with Crippen molar-refractivity contribution in [1.29, 1.82) is 0 Å². The Morgan fingerprint density at radius 3 is 2.50 bits per heavy atom. The van der Waals surface area contributed by atoms with E-state index >= 15 is 0 Å².